The van der Waals surface area contributed by atoms with Gasteiger partial charge in [0.05, 0.1) is 6.61 Å². The minimum absolute atomic E-state index is 0.131. The second kappa shape index (κ2) is 5.91. The fourth-order valence-electron chi connectivity index (χ4n) is 1.55. The lowest BCUT2D eigenvalue weighted by molar-refractivity contribution is -0.136. The van der Waals surface area contributed by atoms with Gasteiger partial charge in [-0.05, 0) is 19.4 Å². The number of alkyl halides is 3. The quantitative estimate of drug-likeness (QED) is 0.865. The first-order valence-electron chi connectivity index (χ1n) is 5.48. The summed E-state index contributed by atoms with van der Waals surface area (Å²) in [6.45, 7) is 2.28. The topological polar surface area (TPSA) is 35.2 Å². The number of halogens is 3. The molecule has 0 heterocycles. The lowest BCUT2D eigenvalue weighted by Crippen LogP contribution is -2.16. The Kier molecular flexibility index (Phi) is 4.81. The van der Waals surface area contributed by atoms with Crippen molar-refractivity contribution in [1.82, 2.24) is 0 Å². The SMILES string of the molecule is CCOc1ccccc1[C@@H](N)CCC(F)(F)F. The maximum atomic E-state index is 12.1. The molecule has 96 valence electrons. The van der Waals surface area contributed by atoms with Crippen molar-refractivity contribution in [3.63, 3.8) is 0 Å². The molecule has 0 aromatic heterocycles. The molecule has 0 spiro atoms. The third kappa shape index (κ3) is 4.65. The molecule has 2 nitrogen and oxygen atoms in total. The van der Waals surface area contributed by atoms with E-state index < -0.39 is 18.6 Å². The van der Waals surface area contributed by atoms with Crippen LogP contribution < -0.4 is 10.5 Å². The average Bonchev–Trinajstić information content (AvgIpc) is 2.26. The molecule has 0 radical (unpaired) electrons. The molecule has 1 aromatic rings. The molecule has 0 bridgehead atoms. The third-order valence-corrected chi connectivity index (χ3v) is 2.36. The smallest absolute Gasteiger partial charge is 0.389 e. The molecule has 2 N–H and O–H groups in total. The first-order chi connectivity index (χ1) is 7.94. The van der Waals surface area contributed by atoms with Gasteiger partial charge in [-0.1, -0.05) is 18.2 Å². The van der Waals surface area contributed by atoms with Crippen LogP contribution in [0.1, 0.15) is 31.4 Å². The van der Waals surface area contributed by atoms with Crippen LogP contribution in [0.2, 0.25) is 0 Å². The Morgan fingerprint density at radius 3 is 2.53 bits per heavy atom. The van der Waals surface area contributed by atoms with Crippen molar-refractivity contribution in [2.45, 2.75) is 32.0 Å². The lowest BCUT2D eigenvalue weighted by Gasteiger charge is -2.17. The second-order valence-electron chi connectivity index (χ2n) is 3.73. The van der Waals surface area contributed by atoms with E-state index in [4.69, 9.17) is 10.5 Å². The Morgan fingerprint density at radius 2 is 1.94 bits per heavy atom. The van der Waals surface area contributed by atoms with Crippen LogP contribution in [-0.4, -0.2) is 12.8 Å². The van der Waals surface area contributed by atoms with Gasteiger partial charge in [-0.2, -0.15) is 13.2 Å². The maximum Gasteiger partial charge on any atom is 0.389 e. The highest BCUT2D eigenvalue weighted by Gasteiger charge is 2.28. The van der Waals surface area contributed by atoms with Gasteiger partial charge in [0.2, 0.25) is 0 Å². The van der Waals surface area contributed by atoms with Gasteiger partial charge in [0, 0.05) is 18.0 Å². The molecular weight excluding hydrogens is 231 g/mol. The Balaban J connectivity index is 2.70. The van der Waals surface area contributed by atoms with E-state index in [-0.39, 0.29) is 6.42 Å². The number of rotatable bonds is 5. The first-order valence-corrected chi connectivity index (χ1v) is 5.48. The number of benzene rings is 1. The molecule has 1 aromatic carbocycles. The molecule has 0 aliphatic heterocycles. The van der Waals surface area contributed by atoms with Gasteiger partial charge < -0.3 is 10.5 Å². The summed E-state index contributed by atoms with van der Waals surface area (Å²) in [5.74, 6) is 0.560. The van der Waals surface area contributed by atoms with Gasteiger partial charge in [0.25, 0.3) is 0 Å². The Labute approximate surface area is 98.6 Å². The number of hydrogen-bond acceptors (Lipinski definition) is 2. The van der Waals surface area contributed by atoms with Crippen LogP contribution in [0.4, 0.5) is 13.2 Å². The van der Waals surface area contributed by atoms with Crippen molar-refractivity contribution in [3.05, 3.63) is 29.8 Å². The monoisotopic (exact) mass is 247 g/mol. The standard InChI is InChI=1S/C12H16F3NO/c1-2-17-11-6-4-3-5-9(11)10(16)7-8-12(13,14)15/h3-6,10H,2,7-8,16H2,1H3/t10-/m0/s1. The fourth-order valence-corrected chi connectivity index (χ4v) is 1.55. The Hall–Kier alpha value is -1.23. The van der Waals surface area contributed by atoms with Crippen LogP contribution in [0, 0.1) is 0 Å². The minimum atomic E-state index is -4.17. The second-order valence-corrected chi connectivity index (χ2v) is 3.73. The van der Waals surface area contributed by atoms with E-state index in [2.05, 4.69) is 0 Å². The molecule has 0 saturated heterocycles. The van der Waals surface area contributed by atoms with E-state index in [1.54, 1.807) is 24.3 Å². The number of nitrogens with two attached hydrogens (primary N) is 1. The molecular formula is C12H16F3NO. The van der Waals surface area contributed by atoms with E-state index in [1.165, 1.54) is 0 Å². The Bertz CT molecular complexity index is 352. The number of ether oxygens (including phenoxy) is 1. The summed E-state index contributed by atoms with van der Waals surface area (Å²) in [6.07, 6.45) is -5.18. The van der Waals surface area contributed by atoms with Crippen LogP contribution in [0.25, 0.3) is 0 Å². The van der Waals surface area contributed by atoms with Gasteiger partial charge in [-0.3, -0.25) is 0 Å². The largest absolute Gasteiger partial charge is 0.494 e. The van der Waals surface area contributed by atoms with E-state index in [0.29, 0.717) is 17.9 Å². The molecule has 1 atom stereocenters. The van der Waals surface area contributed by atoms with Crippen molar-refractivity contribution >= 4 is 0 Å². The zero-order valence-electron chi connectivity index (χ0n) is 9.63. The zero-order valence-corrected chi connectivity index (χ0v) is 9.63. The van der Waals surface area contributed by atoms with Crippen molar-refractivity contribution in [2.75, 3.05) is 6.61 Å². The third-order valence-electron chi connectivity index (χ3n) is 2.36. The van der Waals surface area contributed by atoms with Gasteiger partial charge in [0.15, 0.2) is 0 Å². The maximum absolute atomic E-state index is 12.1. The van der Waals surface area contributed by atoms with E-state index >= 15 is 0 Å². The van der Waals surface area contributed by atoms with Gasteiger partial charge >= 0.3 is 6.18 Å². The molecule has 0 aliphatic rings. The van der Waals surface area contributed by atoms with E-state index in [1.807, 2.05) is 6.92 Å². The van der Waals surface area contributed by atoms with Crippen LogP contribution in [-0.2, 0) is 0 Å². The predicted octanol–water partition coefficient (Wildman–Crippen LogP) is 3.43. The number of hydrogen-bond donors (Lipinski definition) is 1. The fraction of sp³-hybridized carbons (Fsp3) is 0.500. The zero-order chi connectivity index (χ0) is 12.9. The molecule has 0 fully saturated rings. The molecule has 0 unspecified atom stereocenters. The average molecular weight is 247 g/mol. The first kappa shape index (κ1) is 13.8. The molecule has 0 aliphatic carbocycles. The van der Waals surface area contributed by atoms with Crippen molar-refractivity contribution in [1.29, 1.82) is 0 Å². The van der Waals surface area contributed by atoms with E-state index in [9.17, 15) is 13.2 Å². The van der Waals surface area contributed by atoms with Crippen LogP contribution >= 0.6 is 0 Å². The van der Waals surface area contributed by atoms with Crippen LogP contribution in [0.15, 0.2) is 24.3 Å². The highest BCUT2D eigenvalue weighted by molar-refractivity contribution is 5.35. The van der Waals surface area contributed by atoms with E-state index in [0.717, 1.165) is 0 Å². The summed E-state index contributed by atoms with van der Waals surface area (Å²) in [4.78, 5) is 0. The molecule has 1 rings (SSSR count). The molecule has 0 saturated carbocycles. The summed E-state index contributed by atoms with van der Waals surface area (Å²) in [7, 11) is 0. The van der Waals surface area contributed by atoms with Crippen molar-refractivity contribution < 1.29 is 17.9 Å². The Morgan fingerprint density at radius 1 is 1.29 bits per heavy atom. The van der Waals surface area contributed by atoms with Crippen molar-refractivity contribution in [3.8, 4) is 5.75 Å². The molecule has 5 heteroatoms. The summed E-state index contributed by atoms with van der Waals surface area (Å²) in [5.41, 5.74) is 6.38. The van der Waals surface area contributed by atoms with Crippen LogP contribution in [0.3, 0.4) is 0 Å². The van der Waals surface area contributed by atoms with Crippen LogP contribution in [0.5, 0.6) is 5.75 Å². The number of para-hydroxylation sites is 1. The molecule has 0 amide bonds. The minimum Gasteiger partial charge on any atom is -0.494 e. The summed E-state index contributed by atoms with van der Waals surface area (Å²) >= 11 is 0. The normalized spacial score (nSPS) is 13.5. The molecule has 17 heavy (non-hydrogen) atoms. The van der Waals surface area contributed by atoms with Gasteiger partial charge in [-0.25, -0.2) is 0 Å². The summed E-state index contributed by atoms with van der Waals surface area (Å²) in [6, 6.07) is 6.27. The highest BCUT2D eigenvalue weighted by atomic mass is 19.4. The van der Waals surface area contributed by atoms with Crippen molar-refractivity contribution in [2.24, 2.45) is 5.73 Å². The summed E-state index contributed by atoms with van der Waals surface area (Å²) < 4.78 is 41.6. The summed E-state index contributed by atoms with van der Waals surface area (Å²) in [5, 5.41) is 0. The van der Waals surface area contributed by atoms with Gasteiger partial charge in [0.1, 0.15) is 5.75 Å². The lowest BCUT2D eigenvalue weighted by atomic mass is 10.0. The van der Waals surface area contributed by atoms with Gasteiger partial charge in [-0.15, -0.1) is 0 Å². The highest BCUT2D eigenvalue weighted by Crippen LogP contribution is 2.30. The predicted molar refractivity (Wildman–Crippen MR) is 59.8 cm³/mol.